The van der Waals surface area contributed by atoms with Crippen molar-refractivity contribution in [1.29, 1.82) is 0 Å². The molecule has 11 heteroatoms. The molecule has 2 aliphatic rings. The molecule has 5 rings (SSSR count). The first-order chi connectivity index (χ1) is 19.5. The fourth-order valence-electron chi connectivity index (χ4n) is 4.79. The Hall–Kier alpha value is -2.80. The molecule has 2 N–H and O–H groups in total. The number of hydrogen-bond acceptors (Lipinski definition) is 8. The Labute approximate surface area is 247 Å². The van der Waals surface area contributed by atoms with Crippen LogP contribution in [-0.4, -0.2) is 69.8 Å². The molecule has 4 heterocycles. The van der Waals surface area contributed by atoms with Gasteiger partial charge in [-0.3, -0.25) is 0 Å². The van der Waals surface area contributed by atoms with Gasteiger partial charge in [-0.25, -0.2) is 0 Å². The van der Waals surface area contributed by atoms with Crippen molar-refractivity contribution >= 4 is 54.4 Å². The van der Waals surface area contributed by atoms with Crippen molar-refractivity contribution in [3.63, 3.8) is 0 Å². The number of allylic oxidation sites excluding steroid dienone is 1. The van der Waals surface area contributed by atoms with Gasteiger partial charge in [0.1, 0.15) is 0 Å². The number of hydrogen-bond donors (Lipinski definition) is 2. The van der Waals surface area contributed by atoms with Crippen molar-refractivity contribution in [3.05, 3.63) is 72.2 Å². The fourth-order valence-corrected chi connectivity index (χ4v) is 11.0. The molecule has 0 bridgehead atoms. The molecule has 0 atom stereocenters. The van der Waals surface area contributed by atoms with E-state index in [9.17, 15) is 4.79 Å². The molecular formula is C29H34ClIN6O3. The van der Waals surface area contributed by atoms with Crippen molar-refractivity contribution in [2.24, 2.45) is 0 Å². The van der Waals surface area contributed by atoms with Gasteiger partial charge in [-0.05, 0) is 6.07 Å². The average molecular weight is 677 g/mol. The van der Waals surface area contributed by atoms with Gasteiger partial charge < -0.3 is 0 Å². The molecule has 0 saturated carbocycles. The first kappa shape index (κ1) is 28.7. The van der Waals surface area contributed by atoms with Crippen molar-refractivity contribution < 1.29 is 14.3 Å². The summed E-state index contributed by atoms with van der Waals surface area (Å²) in [7, 11) is 0. The van der Waals surface area contributed by atoms with E-state index in [2.05, 4.69) is 37.6 Å². The second-order valence-electron chi connectivity index (χ2n) is 9.43. The van der Waals surface area contributed by atoms with E-state index in [1.54, 1.807) is 6.20 Å². The van der Waals surface area contributed by atoms with Gasteiger partial charge in [-0.1, -0.05) is 6.07 Å². The zero-order valence-electron chi connectivity index (χ0n) is 22.8. The van der Waals surface area contributed by atoms with Crippen molar-refractivity contribution in [3.8, 4) is 5.75 Å². The Morgan fingerprint density at radius 1 is 1.23 bits per heavy atom. The molecule has 40 heavy (non-hydrogen) atoms. The molecular weight excluding hydrogens is 643 g/mol. The van der Waals surface area contributed by atoms with Gasteiger partial charge in [0.15, 0.2) is 0 Å². The first-order valence-electron chi connectivity index (χ1n) is 13.5. The number of ether oxygens (including phenoxy) is 2. The van der Waals surface area contributed by atoms with Crippen LogP contribution in [-0.2, 0) is 16.1 Å². The van der Waals surface area contributed by atoms with Crippen LogP contribution in [0.25, 0.3) is 5.57 Å². The van der Waals surface area contributed by atoms with Crippen LogP contribution in [0.2, 0.25) is 5.02 Å². The van der Waals surface area contributed by atoms with E-state index in [0.717, 1.165) is 69.8 Å². The zero-order chi connectivity index (χ0) is 27.9. The number of fused-ring (bicyclic) bond motifs is 1. The number of carbonyl (C=O) groups is 1. The Bertz CT molecular complexity index is 1370. The third-order valence-corrected chi connectivity index (χ3v) is 13.4. The van der Waals surface area contributed by atoms with Crippen LogP contribution in [0.1, 0.15) is 31.5 Å². The van der Waals surface area contributed by atoms with Crippen molar-refractivity contribution in [2.75, 3.05) is 49.1 Å². The molecule has 1 amide bonds. The molecule has 0 radical (unpaired) electrons. The van der Waals surface area contributed by atoms with Crippen LogP contribution < -0.4 is 15.4 Å². The number of alkyl halides is 1. The number of aromatic nitrogens is 3. The summed E-state index contributed by atoms with van der Waals surface area (Å²) in [6.45, 7) is 9.64. The molecule has 1 fully saturated rings. The maximum atomic E-state index is 13.4. The number of benzene rings is 1. The summed E-state index contributed by atoms with van der Waals surface area (Å²) in [6, 6.07) is 11.2. The van der Waals surface area contributed by atoms with Gasteiger partial charge in [-0.2, -0.15) is 0 Å². The first-order valence-corrected chi connectivity index (χ1v) is 17.5. The third kappa shape index (κ3) is 6.73. The molecule has 9 nitrogen and oxygen atoms in total. The quantitative estimate of drug-likeness (QED) is 0.164. The number of carbonyl (C=O) groups excluding carboxylic acids is 1. The van der Waals surface area contributed by atoms with Crippen LogP contribution in [0, 0.1) is 3.57 Å². The molecule has 0 aliphatic carbocycles. The van der Waals surface area contributed by atoms with Gasteiger partial charge in [0.2, 0.25) is 0 Å². The van der Waals surface area contributed by atoms with E-state index in [0.29, 0.717) is 29.7 Å². The Morgan fingerprint density at radius 2 is 2.08 bits per heavy atom. The van der Waals surface area contributed by atoms with Gasteiger partial charge in [-0.15, -0.1) is 0 Å². The SMILES string of the molecule is CCI1C(C(=O)NCCCN2CCOCC2)=C(C)c2c1cnnc2Nc1ccc(OCc2ccccn2)c(Cl)c1. The fraction of sp³-hybridized carbons (Fsp3) is 0.379. The maximum absolute atomic E-state index is 13.4. The second kappa shape index (κ2) is 13.7. The molecule has 1 saturated heterocycles. The Morgan fingerprint density at radius 3 is 2.83 bits per heavy atom. The number of halogens is 2. The summed E-state index contributed by atoms with van der Waals surface area (Å²) in [5.41, 5.74) is 3.58. The van der Waals surface area contributed by atoms with Crippen LogP contribution >= 0.6 is 31.4 Å². The van der Waals surface area contributed by atoms with Crippen molar-refractivity contribution in [1.82, 2.24) is 25.4 Å². The number of rotatable bonds is 11. The summed E-state index contributed by atoms with van der Waals surface area (Å²) in [4.78, 5) is 20.1. The van der Waals surface area contributed by atoms with E-state index >= 15 is 0 Å². The zero-order valence-corrected chi connectivity index (χ0v) is 25.7. The van der Waals surface area contributed by atoms with Crippen LogP contribution in [0.15, 0.2) is 52.4 Å². The Kier molecular flexibility index (Phi) is 9.84. The predicted molar refractivity (Wildman–Crippen MR) is 166 cm³/mol. The van der Waals surface area contributed by atoms with E-state index in [-0.39, 0.29) is 5.91 Å². The minimum absolute atomic E-state index is 0.0473. The molecule has 212 valence electrons. The van der Waals surface area contributed by atoms with Gasteiger partial charge in [0, 0.05) is 6.20 Å². The summed E-state index contributed by atoms with van der Waals surface area (Å²) in [6.07, 6.45) is 4.50. The van der Waals surface area contributed by atoms with E-state index in [1.807, 2.05) is 49.5 Å². The van der Waals surface area contributed by atoms with Crippen LogP contribution in [0.4, 0.5) is 11.5 Å². The molecule has 0 unspecified atom stereocenters. The molecule has 2 aliphatic heterocycles. The number of anilines is 2. The van der Waals surface area contributed by atoms with Crippen LogP contribution in [0.5, 0.6) is 5.75 Å². The molecule has 0 spiro atoms. The molecule has 1 aromatic carbocycles. The standard InChI is InChI=1S/C29H34ClIN6O3/c1-3-31-24-18-34-36-28(35-21-8-9-25(23(30)17-21)40-19-22-7-4-5-10-32-22)26(24)20(2)27(31)29(38)33-11-6-12-37-13-15-39-16-14-37/h4-5,7-10,17-18H,3,6,11-16,19H2,1-2H3,(H,33,38)(H,35,36). The number of pyridine rings is 1. The van der Waals surface area contributed by atoms with Crippen molar-refractivity contribution in [2.45, 2.75) is 26.9 Å². The normalized spacial score (nSPS) is 16.1. The van der Waals surface area contributed by atoms with Gasteiger partial charge in [0.25, 0.3) is 0 Å². The topological polar surface area (TPSA) is 102 Å². The molecule has 3 aromatic rings. The van der Waals surface area contributed by atoms with Crippen LogP contribution in [0.3, 0.4) is 0 Å². The van der Waals surface area contributed by atoms with E-state index < -0.39 is 19.8 Å². The van der Waals surface area contributed by atoms with E-state index in [4.69, 9.17) is 21.1 Å². The third-order valence-electron chi connectivity index (χ3n) is 6.79. The number of nitrogens with one attached hydrogen (secondary N) is 2. The summed E-state index contributed by atoms with van der Waals surface area (Å²) in [5.74, 6) is 1.26. The van der Waals surface area contributed by atoms with Gasteiger partial charge in [0.05, 0.1) is 0 Å². The minimum atomic E-state index is -1.93. The van der Waals surface area contributed by atoms with Gasteiger partial charge >= 0.3 is 230 Å². The number of nitrogens with zero attached hydrogens (tertiary/aromatic N) is 4. The number of morpholine rings is 1. The number of amides is 1. The monoisotopic (exact) mass is 676 g/mol. The summed E-state index contributed by atoms with van der Waals surface area (Å²) < 4.78 is 14.3. The molecule has 2 aromatic heterocycles. The van der Waals surface area contributed by atoms with E-state index in [1.165, 1.54) is 3.57 Å². The second-order valence-corrected chi connectivity index (χ2v) is 15.7. The summed E-state index contributed by atoms with van der Waals surface area (Å²) in [5, 5.41) is 15.8. The average Bonchev–Trinajstić information content (AvgIpc) is 3.28. The predicted octanol–water partition coefficient (Wildman–Crippen LogP) is 5.13. The summed E-state index contributed by atoms with van der Waals surface area (Å²) >= 11 is 4.61. The Balaban J connectivity index is 1.27.